The van der Waals surface area contributed by atoms with Crippen LogP contribution in [0.1, 0.15) is 10.4 Å². The zero-order chi connectivity index (χ0) is 11.7. The Balaban J connectivity index is 3.87. The summed E-state index contributed by atoms with van der Waals surface area (Å²) >= 11 is 0. The number of aromatic nitrogens is 2. The number of aldehydes is 1. The molecule has 6 nitrogen and oxygen atoms in total. The molecule has 1 rings (SSSR count). The Hall–Kier alpha value is -1.85. The fourth-order valence-electron chi connectivity index (χ4n) is 1.50. The van der Waals surface area contributed by atoms with Crippen molar-refractivity contribution >= 4 is 12.1 Å². The molecule has 0 saturated carbocycles. The molecular weight excluding hydrogens is 198 g/mol. The largest absolute Gasteiger partial charge is 0.363 e. The van der Waals surface area contributed by atoms with Crippen LogP contribution in [0.25, 0.3) is 0 Å². The van der Waals surface area contributed by atoms with Crippen molar-refractivity contribution in [2.75, 3.05) is 19.0 Å². The first-order valence-electron chi connectivity index (χ1n) is 4.34. The van der Waals surface area contributed by atoms with Gasteiger partial charge >= 0.3 is 5.69 Å². The number of carbonyl (C=O) groups excluding carboxylic acids is 1. The lowest BCUT2D eigenvalue weighted by Gasteiger charge is -2.18. The number of hydrogen-bond donors (Lipinski definition) is 0. The van der Waals surface area contributed by atoms with Crippen molar-refractivity contribution in [1.29, 1.82) is 0 Å². The molecule has 0 unspecified atom stereocenters. The van der Waals surface area contributed by atoms with Crippen LogP contribution in [-0.4, -0.2) is 29.5 Å². The van der Waals surface area contributed by atoms with E-state index in [9.17, 15) is 14.4 Å². The van der Waals surface area contributed by atoms with E-state index in [1.54, 1.807) is 19.0 Å². The number of carbonyl (C=O) groups is 1. The molecule has 0 aliphatic carbocycles. The molecule has 0 aliphatic rings. The van der Waals surface area contributed by atoms with Gasteiger partial charge in [0.25, 0.3) is 5.56 Å². The first kappa shape index (κ1) is 11.2. The van der Waals surface area contributed by atoms with Gasteiger partial charge in [-0.3, -0.25) is 18.7 Å². The average Bonchev–Trinajstić information content (AvgIpc) is 2.19. The van der Waals surface area contributed by atoms with E-state index in [1.807, 2.05) is 0 Å². The second-order valence-corrected chi connectivity index (χ2v) is 3.46. The Kier molecular flexibility index (Phi) is 2.78. The van der Waals surface area contributed by atoms with Crippen molar-refractivity contribution in [1.82, 2.24) is 9.13 Å². The molecule has 82 valence electrons. The van der Waals surface area contributed by atoms with E-state index < -0.39 is 11.2 Å². The molecular formula is C9H13N3O3. The normalized spacial score (nSPS) is 10.1. The Labute approximate surface area is 86.4 Å². The van der Waals surface area contributed by atoms with Crippen LogP contribution in [0.4, 0.5) is 5.82 Å². The number of hydrogen-bond acceptors (Lipinski definition) is 4. The Bertz CT molecular complexity index is 511. The van der Waals surface area contributed by atoms with E-state index >= 15 is 0 Å². The maximum Gasteiger partial charge on any atom is 0.332 e. The topological polar surface area (TPSA) is 64.3 Å². The first-order chi connectivity index (χ1) is 6.91. The van der Waals surface area contributed by atoms with Gasteiger partial charge in [-0.2, -0.15) is 0 Å². The fraction of sp³-hybridized carbons (Fsp3) is 0.444. The van der Waals surface area contributed by atoms with Gasteiger partial charge in [-0.15, -0.1) is 0 Å². The van der Waals surface area contributed by atoms with Gasteiger partial charge in [-0.25, -0.2) is 4.79 Å². The predicted octanol–water partition coefficient (Wildman–Crippen LogP) is -1.04. The van der Waals surface area contributed by atoms with E-state index in [2.05, 4.69) is 0 Å². The van der Waals surface area contributed by atoms with E-state index in [0.717, 1.165) is 4.57 Å². The van der Waals surface area contributed by atoms with Gasteiger partial charge in [0.1, 0.15) is 11.4 Å². The highest BCUT2D eigenvalue weighted by atomic mass is 16.2. The third-order valence-corrected chi connectivity index (χ3v) is 2.21. The summed E-state index contributed by atoms with van der Waals surface area (Å²) in [6.45, 7) is 0. The van der Waals surface area contributed by atoms with Crippen LogP contribution in [0.2, 0.25) is 0 Å². The van der Waals surface area contributed by atoms with Crippen molar-refractivity contribution in [2.45, 2.75) is 0 Å². The predicted molar refractivity (Wildman–Crippen MR) is 56.6 cm³/mol. The quantitative estimate of drug-likeness (QED) is 0.586. The lowest BCUT2D eigenvalue weighted by atomic mass is 10.3. The molecule has 1 aromatic heterocycles. The molecule has 6 heteroatoms. The van der Waals surface area contributed by atoms with Crippen molar-refractivity contribution in [2.24, 2.45) is 14.1 Å². The molecule has 0 bridgehead atoms. The highest BCUT2D eigenvalue weighted by Crippen LogP contribution is 2.08. The molecule has 0 radical (unpaired) electrons. The molecule has 0 atom stereocenters. The molecule has 1 aromatic rings. The van der Waals surface area contributed by atoms with Crippen molar-refractivity contribution in [3.8, 4) is 0 Å². The molecule has 0 spiro atoms. The molecule has 0 N–H and O–H groups in total. The van der Waals surface area contributed by atoms with Crippen LogP contribution >= 0.6 is 0 Å². The van der Waals surface area contributed by atoms with Gasteiger partial charge in [0.2, 0.25) is 0 Å². The summed E-state index contributed by atoms with van der Waals surface area (Å²) in [6, 6.07) is 0. The van der Waals surface area contributed by atoms with Crippen LogP contribution in [0.5, 0.6) is 0 Å². The Morgan fingerprint density at radius 2 is 1.67 bits per heavy atom. The van der Waals surface area contributed by atoms with Crippen molar-refractivity contribution in [3.05, 3.63) is 26.4 Å². The van der Waals surface area contributed by atoms with Gasteiger partial charge in [0, 0.05) is 28.2 Å². The van der Waals surface area contributed by atoms with Crippen LogP contribution in [0, 0.1) is 0 Å². The maximum absolute atomic E-state index is 11.6. The van der Waals surface area contributed by atoms with Crippen molar-refractivity contribution < 1.29 is 4.79 Å². The van der Waals surface area contributed by atoms with Gasteiger partial charge < -0.3 is 4.90 Å². The second kappa shape index (κ2) is 3.72. The summed E-state index contributed by atoms with van der Waals surface area (Å²) in [6.07, 6.45) is 0.469. The van der Waals surface area contributed by atoms with Gasteiger partial charge in [-0.05, 0) is 0 Å². The minimum Gasteiger partial charge on any atom is -0.363 e. The zero-order valence-corrected chi connectivity index (χ0v) is 9.14. The third kappa shape index (κ3) is 1.58. The van der Waals surface area contributed by atoms with Crippen LogP contribution in [0.3, 0.4) is 0 Å². The molecule has 0 saturated heterocycles. The highest BCUT2D eigenvalue weighted by Gasteiger charge is 2.15. The molecule has 15 heavy (non-hydrogen) atoms. The highest BCUT2D eigenvalue weighted by molar-refractivity contribution is 5.82. The Morgan fingerprint density at radius 3 is 2.07 bits per heavy atom. The SMILES string of the molecule is CN(C)c1c(C=O)c(=O)n(C)c(=O)n1C. The molecule has 0 aliphatic heterocycles. The van der Waals surface area contributed by atoms with Crippen LogP contribution in [0.15, 0.2) is 9.59 Å². The third-order valence-electron chi connectivity index (χ3n) is 2.21. The van der Waals surface area contributed by atoms with Gasteiger partial charge in [0.15, 0.2) is 6.29 Å². The average molecular weight is 211 g/mol. The summed E-state index contributed by atoms with van der Waals surface area (Å²) in [7, 11) is 6.20. The number of nitrogens with zero attached hydrogens (tertiary/aromatic N) is 3. The van der Waals surface area contributed by atoms with Gasteiger partial charge in [0.05, 0.1) is 0 Å². The smallest absolute Gasteiger partial charge is 0.332 e. The maximum atomic E-state index is 11.6. The first-order valence-corrected chi connectivity index (χ1v) is 4.34. The van der Waals surface area contributed by atoms with Crippen LogP contribution < -0.4 is 16.1 Å². The van der Waals surface area contributed by atoms with E-state index in [0.29, 0.717) is 12.1 Å². The summed E-state index contributed by atoms with van der Waals surface area (Å²) in [4.78, 5) is 35.5. The lowest BCUT2D eigenvalue weighted by Crippen LogP contribution is -2.41. The fourth-order valence-corrected chi connectivity index (χ4v) is 1.50. The van der Waals surface area contributed by atoms with E-state index in [1.165, 1.54) is 18.7 Å². The molecule has 0 amide bonds. The summed E-state index contributed by atoms with van der Waals surface area (Å²) in [5.74, 6) is 0.318. The van der Waals surface area contributed by atoms with Gasteiger partial charge in [-0.1, -0.05) is 0 Å². The molecule has 1 heterocycles. The van der Waals surface area contributed by atoms with Crippen LogP contribution in [-0.2, 0) is 14.1 Å². The second-order valence-electron chi connectivity index (χ2n) is 3.46. The molecule has 0 fully saturated rings. The minimum atomic E-state index is -0.572. The number of rotatable bonds is 2. The minimum absolute atomic E-state index is 0.00963. The van der Waals surface area contributed by atoms with E-state index in [-0.39, 0.29) is 5.56 Å². The molecule has 0 aromatic carbocycles. The van der Waals surface area contributed by atoms with Crippen molar-refractivity contribution in [3.63, 3.8) is 0 Å². The zero-order valence-electron chi connectivity index (χ0n) is 9.14. The summed E-state index contributed by atoms with van der Waals surface area (Å²) in [5.41, 5.74) is -1.03. The lowest BCUT2D eigenvalue weighted by molar-refractivity contribution is 0.112. The standard InChI is InChI=1S/C9H13N3O3/c1-10(2)7-6(5-13)8(14)12(4)9(15)11(7)3/h5H,1-4H3. The number of anilines is 1. The monoisotopic (exact) mass is 211 g/mol. The summed E-state index contributed by atoms with van der Waals surface area (Å²) < 4.78 is 2.18. The summed E-state index contributed by atoms with van der Waals surface area (Å²) in [5, 5.41) is 0. The van der Waals surface area contributed by atoms with E-state index in [4.69, 9.17) is 0 Å². The Morgan fingerprint density at radius 1 is 1.13 bits per heavy atom.